The van der Waals surface area contributed by atoms with Crippen molar-refractivity contribution in [3.8, 4) is 0 Å². The average Bonchev–Trinajstić information content (AvgIpc) is 2.85. The Bertz CT molecular complexity index is 150. The number of rotatable bonds is 6. The molecular formula is C10H18O2. The van der Waals surface area contributed by atoms with Gasteiger partial charge in [-0.1, -0.05) is 13.0 Å². The summed E-state index contributed by atoms with van der Waals surface area (Å²) in [6, 6.07) is 0. The van der Waals surface area contributed by atoms with E-state index in [1.165, 1.54) is 0 Å². The molecule has 1 aliphatic rings. The minimum Gasteiger partial charge on any atom is -0.390 e. The van der Waals surface area contributed by atoms with Crippen LogP contribution in [0.2, 0.25) is 0 Å². The Morgan fingerprint density at radius 1 is 1.75 bits per heavy atom. The molecule has 0 aromatic rings. The number of allylic oxidation sites excluding steroid dienone is 1. The Balaban J connectivity index is 2.19. The number of aliphatic hydroxyl groups excluding tert-OH is 1. The van der Waals surface area contributed by atoms with Gasteiger partial charge in [0, 0.05) is 0 Å². The van der Waals surface area contributed by atoms with Crippen molar-refractivity contribution in [1.82, 2.24) is 0 Å². The molecule has 2 atom stereocenters. The lowest BCUT2D eigenvalue weighted by molar-refractivity contribution is 0.0639. The number of hydrogen-bond acceptors (Lipinski definition) is 2. The molecule has 0 amide bonds. The van der Waals surface area contributed by atoms with Crippen molar-refractivity contribution in [1.29, 1.82) is 0 Å². The van der Waals surface area contributed by atoms with Gasteiger partial charge in [-0.05, 0) is 25.7 Å². The summed E-state index contributed by atoms with van der Waals surface area (Å²) in [5, 5.41) is 9.71. The molecular weight excluding hydrogens is 152 g/mol. The van der Waals surface area contributed by atoms with Gasteiger partial charge in [0.1, 0.15) is 5.60 Å². The van der Waals surface area contributed by atoms with Crippen LogP contribution < -0.4 is 0 Å². The first-order chi connectivity index (χ1) is 5.75. The zero-order valence-electron chi connectivity index (χ0n) is 7.75. The first-order valence-electron chi connectivity index (χ1n) is 4.68. The number of unbranched alkanes of at least 4 members (excludes halogenated alkanes) is 1. The Labute approximate surface area is 74.2 Å². The summed E-state index contributed by atoms with van der Waals surface area (Å²) in [6.07, 6.45) is 5.36. The summed E-state index contributed by atoms with van der Waals surface area (Å²) in [4.78, 5) is 0. The largest absolute Gasteiger partial charge is 0.390 e. The van der Waals surface area contributed by atoms with E-state index >= 15 is 0 Å². The van der Waals surface area contributed by atoms with E-state index in [2.05, 4.69) is 13.5 Å². The number of ether oxygens (including phenoxy) is 1. The van der Waals surface area contributed by atoms with Crippen LogP contribution in [0.1, 0.15) is 32.6 Å². The third-order valence-electron chi connectivity index (χ3n) is 2.61. The summed E-state index contributed by atoms with van der Waals surface area (Å²) < 4.78 is 5.26. The minimum absolute atomic E-state index is 0.179. The predicted octanol–water partition coefficient (Wildman–Crippen LogP) is 1.88. The fourth-order valence-electron chi connectivity index (χ4n) is 1.44. The van der Waals surface area contributed by atoms with Crippen molar-refractivity contribution in [2.24, 2.45) is 0 Å². The highest BCUT2D eigenvalue weighted by atomic mass is 16.6. The topological polar surface area (TPSA) is 32.8 Å². The van der Waals surface area contributed by atoms with Gasteiger partial charge in [-0.25, -0.2) is 0 Å². The van der Waals surface area contributed by atoms with Crippen molar-refractivity contribution in [3.63, 3.8) is 0 Å². The molecule has 0 aliphatic carbocycles. The second-order valence-corrected chi connectivity index (χ2v) is 3.44. The standard InChI is InChI=1S/C10H18O2/c1-3-5-6-7-9(11)10(4-2)8-12-10/h3,9,11H,1,4-8H2,2H3/t9-,10?/m0/s1. The van der Waals surface area contributed by atoms with Gasteiger partial charge in [-0.3, -0.25) is 0 Å². The molecule has 2 nitrogen and oxygen atoms in total. The van der Waals surface area contributed by atoms with Crippen LogP contribution in [0.15, 0.2) is 12.7 Å². The van der Waals surface area contributed by atoms with Gasteiger partial charge in [-0.15, -0.1) is 6.58 Å². The molecule has 0 bridgehead atoms. The summed E-state index contributed by atoms with van der Waals surface area (Å²) >= 11 is 0. The molecule has 1 heterocycles. The zero-order valence-corrected chi connectivity index (χ0v) is 7.75. The fourth-order valence-corrected chi connectivity index (χ4v) is 1.44. The van der Waals surface area contributed by atoms with Crippen LogP contribution in [-0.4, -0.2) is 23.4 Å². The molecule has 0 aromatic heterocycles. The molecule has 1 rings (SSSR count). The van der Waals surface area contributed by atoms with E-state index in [1.807, 2.05) is 6.08 Å². The van der Waals surface area contributed by atoms with Crippen LogP contribution in [0.4, 0.5) is 0 Å². The molecule has 0 saturated carbocycles. The molecule has 0 radical (unpaired) electrons. The summed E-state index contributed by atoms with van der Waals surface area (Å²) in [6.45, 7) is 6.44. The highest BCUT2D eigenvalue weighted by molar-refractivity contribution is 4.97. The van der Waals surface area contributed by atoms with Crippen LogP contribution in [0.5, 0.6) is 0 Å². The Hall–Kier alpha value is -0.340. The first kappa shape index (κ1) is 9.75. The summed E-state index contributed by atoms with van der Waals surface area (Å²) in [7, 11) is 0. The van der Waals surface area contributed by atoms with Crippen LogP contribution >= 0.6 is 0 Å². The van der Waals surface area contributed by atoms with Gasteiger partial charge >= 0.3 is 0 Å². The molecule has 70 valence electrons. The molecule has 0 spiro atoms. The Morgan fingerprint density at radius 3 is 2.83 bits per heavy atom. The quantitative estimate of drug-likeness (QED) is 0.375. The molecule has 1 aliphatic heterocycles. The lowest BCUT2D eigenvalue weighted by Gasteiger charge is -2.16. The molecule has 1 saturated heterocycles. The maximum atomic E-state index is 9.71. The molecule has 0 aromatic carbocycles. The minimum atomic E-state index is -0.276. The monoisotopic (exact) mass is 170 g/mol. The van der Waals surface area contributed by atoms with Gasteiger partial charge in [0.2, 0.25) is 0 Å². The van der Waals surface area contributed by atoms with Gasteiger partial charge < -0.3 is 9.84 Å². The highest BCUT2D eigenvalue weighted by Gasteiger charge is 2.48. The van der Waals surface area contributed by atoms with E-state index in [1.54, 1.807) is 0 Å². The summed E-state index contributed by atoms with van der Waals surface area (Å²) in [5.41, 5.74) is -0.179. The van der Waals surface area contributed by atoms with Crippen LogP contribution in [0, 0.1) is 0 Å². The van der Waals surface area contributed by atoms with E-state index in [-0.39, 0.29) is 11.7 Å². The van der Waals surface area contributed by atoms with Crippen LogP contribution in [0.3, 0.4) is 0 Å². The van der Waals surface area contributed by atoms with E-state index in [4.69, 9.17) is 4.74 Å². The van der Waals surface area contributed by atoms with Gasteiger partial charge in [-0.2, -0.15) is 0 Å². The molecule has 2 heteroatoms. The summed E-state index contributed by atoms with van der Waals surface area (Å²) in [5.74, 6) is 0. The normalized spacial score (nSPS) is 29.8. The lowest BCUT2D eigenvalue weighted by Crippen LogP contribution is -2.28. The van der Waals surface area contributed by atoms with Gasteiger partial charge in [0.05, 0.1) is 12.7 Å². The Morgan fingerprint density at radius 2 is 2.42 bits per heavy atom. The van der Waals surface area contributed by atoms with Crippen molar-refractivity contribution in [3.05, 3.63) is 12.7 Å². The maximum Gasteiger partial charge on any atom is 0.117 e. The molecule has 1 N–H and O–H groups in total. The molecule has 1 fully saturated rings. The van der Waals surface area contributed by atoms with Gasteiger partial charge in [0.15, 0.2) is 0 Å². The highest BCUT2D eigenvalue weighted by Crippen LogP contribution is 2.36. The van der Waals surface area contributed by atoms with Crippen molar-refractivity contribution >= 4 is 0 Å². The lowest BCUT2D eigenvalue weighted by atomic mass is 9.96. The third kappa shape index (κ3) is 2.08. The van der Waals surface area contributed by atoms with Crippen molar-refractivity contribution in [2.45, 2.75) is 44.3 Å². The average molecular weight is 170 g/mol. The van der Waals surface area contributed by atoms with Crippen LogP contribution in [0.25, 0.3) is 0 Å². The van der Waals surface area contributed by atoms with E-state index in [0.717, 1.165) is 32.3 Å². The second-order valence-electron chi connectivity index (χ2n) is 3.44. The third-order valence-corrected chi connectivity index (χ3v) is 2.61. The van der Waals surface area contributed by atoms with Crippen LogP contribution in [-0.2, 0) is 4.74 Å². The van der Waals surface area contributed by atoms with Gasteiger partial charge in [0.25, 0.3) is 0 Å². The van der Waals surface area contributed by atoms with E-state index in [0.29, 0.717) is 0 Å². The van der Waals surface area contributed by atoms with E-state index in [9.17, 15) is 5.11 Å². The maximum absolute atomic E-state index is 9.71. The predicted molar refractivity (Wildman–Crippen MR) is 49.0 cm³/mol. The molecule has 1 unspecified atom stereocenters. The number of hydrogen-bond donors (Lipinski definition) is 1. The van der Waals surface area contributed by atoms with Crippen molar-refractivity contribution < 1.29 is 9.84 Å². The smallest absolute Gasteiger partial charge is 0.117 e. The second kappa shape index (κ2) is 4.06. The fraction of sp³-hybridized carbons (Fsp3) is 0.800. The molecule has 12 heavy (non-hydrogen) atoms. The van der Waals surface area contributed by atoms with E-state index < -0.39 is 0 Å². The number of aliphatic hydroxyl groups is 1. The van der Waals surface area contributed by atoms with Crippen molar-refractivity contribution in [2.75, 3.05) is 6.61 Å². The SMILES string of the molecule is C=CCCC[C@H](O)C1(CC)CO1. The first-order valence-corrected chi connectivity index (χ1v) is 4.68. The Kier molecular flexibility index (Phi) is 3.29. The zero-order chi connectivity index (χ0) is 9.03. The number of epoxide rings is 1.